The number of unbranched alkanes of at least 4 members (excludes halogenated alkanes) is 28. The first-order valence-electron chi connectivity index (χ1n) is 34.2. The maximum atomic E-state index is 13.0. The van der Waals surface area contributed by atoms with Gasteiger partial charge in [0.1, 0.15) is 19.3 Å². The van der Waals surface area contributed by atoms with E-state index in [1.807, 2.05) is 0 Å². The van der Waals surface area contributed by atoms with Crippen LogP contribution in [0.5, 0.6) is 0 Å². The van der Waals surface area contributed by atoms with Crippen molar-refractivity contribution in [3.05, 3.63) is 0 Å². The lowest BCUT2D eigenvalue weighted by molar-refractivity contribution is -0.161. The molecular weight excluding hydrogens is 1130 g/mol. The predicted octanol–water partition coefficient (Wildman–Crippen LogP) is 18.1. The number of phosphoric acid groups is 2. The second kappa shape index (κ2) is 56.1. The Kier molecular flexibility index (Phi) is 54.8. The molecule has 17 nitrogen and oxygen atoms in total. The summed E-state index contributed by atoms with van der Waals surface area (Å²) in [6.45, 7) is 14.0. The van der Waals surface area contributed by atoms with Crippen LogP contribution in [0, 0.1) is 23.7 Å². The predicted molar refractivity (Wildman–Crippen MR) is 340 cm³/mol. The lowest BCUT2D eigenvalue weighted by Crippen LogP contribution is -2.30. The molecule has 0 fully saturated rings. The van der Waals surface area contributed by atoms with Crippen LogP contribution >= 0.6 is 15.6 Å². The van der Waals surface area contributed by atoms with Gasteiger partial charge >= 0.3 is 39.5 Å². The summed E-state index contributed by atoms with van der Waals surface area (Å²) in [5.41, 5.74) is 0. The molecule has 0 aliphatic carbocycles. The maximum absolute atomic E-state index is 13.0. The van der Waals surface area contributed by atoms with Crippen molar-refractivity contribution < 1.29 is 80.2 Å². The normalized spacial score (nSPS) is 14.7. The van der Waals surface area contributed by atoms with Crippen molar-refractivity contribution in [1.82, 2.24) is 0 Å². The number of hydrogen-bond donors (Lipinski definition) is 3. The van der Waals surface area contributed by atoms with Crippen LogP contribution in [0.2, 0.25) is 0 Å². The highest BCUT2D eigenvalue weighted by Crippen LogP contribution is 2.45. The van der Waals surface area contributed by atoms with Crippen LogP contribution in [-0.4, -0.2) is 96.7 Å². The molecule has 504 valence electrons. The number of carbonyl (C=O) groups is 4. The van der Waals surface area contributed by atoms with Crippen molar-refractivity contribution in [2.24, 2.45) is 23.7 Å². The van der Waals surface area contributed by atoms with Crippen LogP contribution in [0.1, 0.15) is 319 Å². The van der Waals surface area contributed by atoms with Gasteiger partial charge in [-0.15, -0.1) is 0 Å². The number of ether oxygens (including phenoxy) is 4. The standard InChI is InChI=1S/C66H128O17P2/c1-9-59(8)45-37-29-24-25-31-39-47-64(69)77-53-62(82-65(70)48-40-32-21-14-12-10-11-13-18-26-34-42-56(2)3)55-81-85(74,75)79-51-60(67)50-78-84(72,73)80-54-61(52-76-63(68)46-38-30-23-17-20-28-36-44-58(6)7)83-66(71)49-41-33-22-16-15-19-27-35-43-57(4)5/h56-62,67H,9-55H2,1-8H3,(H,72,73)(H,74,75)/t59?,60?,61-,62-/m1/s1. The van der Waals surface area contributed by atoms with E-state index in [0.717, 1.165) is 120 Å². The van der Waals surface area contributed by atoms with Gasteiger partial charge in [-0.2, -0.15) is 0 Å². The quantitative estimate of drug-likeness (QED) is 0.0222. The summed E-state index contributed by atoms with van der Waals surface area (Å²) in [5, 5.41) is 10.6. The molecule has 0 spiro atoms. The van der Waals surface area contributed by atoms with E-state index < -0.39 is 97.5 Å². The first kappa shape index (κ1) is 83.1. The van der Waals surface area contributed by atoms with Crippen LogP contribution < -0.4 is 0 Å². The molecule has 3 N–H and O–H groups in total. The fraction of sp³-hybridized carbons (Fsp3) is 0.939. The zero-order chi connectivity index (χ0) is 63.2. The molecule has 0 aromatic heterocycles. The molecule has 0 radical (unpaired) electrons. The Labute approximate surface area is 517 Å². The molecule has 4 unspecified atom stereocenters. The lowest BCUT2D eigenvalue weighted by atomic mass is 10.00. The third-order valence-electron chi connectivity index (χ3n) is 15.4. The van der Waals surface area contributed by atoms with Crippen molar-refractivity contribution in [3.63, 3.8) is 0 Å². The summed E-state index contributed by atoms with van der Waals surface area (Å²) >= 11 is 0. The van der Waals surface area contributed by atoms with E-state index in [1.165, 1.54) is 109 Å². The summed E-state index contributed by atoms with van der Waals surface area (Å²) in [7, 11) is -9.89. The van der Waals surface area contributed by atoms with Crippen LogP contribution in [0.15, 0.2) is 0 Å². The minimum Gasteiger partial charge on any atom is -0.462 e. The number of rotatable bonds is 63. The van der Waals surface area contributed by atoms with Gasteiger partial charge in [-0.25, -0.2) is 9.13 Å². The molecule has 0 aliphatic heterocycles. The molecule has 0 saturated carbocycles. The van der Waals surface area contributed by atoms with E-state index >= 15 is 0 Å². The maximum Gasteiger partial charge on any atom is 0.472 e. The average Bonchev–Trinajstić information content (AvgIpc) is 3.56. The topological polar surface area (TPSA) is 237 Å². The van der Waals surface area contributed by atoms with Gasteiger partial charge in [0.15, 0.2) is 12.2 Å². The van der Waals surface area contributed by atoms with Gasteiger partial charge in [-0.3, -0.25) is 37.3 Å². The Hall–Kier alpha value is -1.94. The first-order valence-corrected chi connectivity index (χ1v) is 37.2. The van der Waals surface area contributed by atoms with Crippen molar-refractivity contribution in [1.29, 1.82) is 0 Å². The zero-order valence-corrected chi connectivity index (χ0v) is 57.0. The minimum atomic E-state index is -4.95. The molecule has 0 aromatic rings. The van der Waals surface area contributed by atoms with Gasteiger partial charge in [0.2, 0.25) is 0 Å². The van der Waals surface area contributed by atoms with Crippen molar-refractivity contribution in [2.45, 2.75) is 337 Å². The Bertz CT molecular complexity index is 1700. The molecule has 0 saturated heterocycles. The minimum absolute atomic E-state index is 0.103. The molecule has 0 heterocycles. The lowest BCUT2D eigenvalue weighted by Gasteiger charge is -2.21. The summed E-state index contributed by atoms with van der Waals surface area (Å²) < 4.78 is 68.1. The fourth-order valence-electron chi connectivity index (χ4n) is 9.75. The van der Waals surface area contributed by atoms with Gasteiger partial charge in [0.05, 0.1) is 26.4 Å². The van der Waals surface area contributed by atoms with E-state index in [0.29, 0.717) is 31.6 Å². The van der Waals surface area contributed by atoms with Crippen molar-refractivity contribution >= 4 is 39.5 Å². The largest absolute Gasteiger partial charge is 0.472 e. The molecular formula is C66H128O17P2. The highest BCUT2D eigenvalue weighted by Gasteiger charge is 2.30. The second-order valence-corrected chi connectivity index (χ2v) is 28.4. The summed E-state index contributed by atoms with van der Waals surface area (Å²) in [6, 6.07) is 0. The van der Waals surface area contributed by atoms with E-state index in [2.05, 4.69) is 55.4 Å². The zero-order valence-electron chi connectivity index (χ0n) is 55.2. The van der Waals surface area contributed by atoms with Crippen molar-refractivity contribution in [2.75, 3.05) is 39.6 Å². The SMILES string of the molecule is CCC(C)CCCCCCCCC(=O)OC[C@H](COP(=O)(O)OCC(O)COP(=O)(O)OC[C@@H](COC(=O)CCCCCCCCCC(C)C)OC(=O)CCCCCCCCCCC(C)C)OC(=O)CCCCCCCCCCCCCC(C)C. The van der Waals surface area contributed by atoms with Gasteiger partial charge in [-0.05, 0) is 49.4 Å². The van der Waals surface area contributed by atoms with E-state index in [-0.39, 0.29) is 25.7 Å². The second-order valence-electron chi connectivity index (χ2n) is 25.5. The number of phosphoric ester groups is 2. The highest BCUT2D eigenvalue weighted by atomic mass is 31.2. The van der Waals surface area contributed by atoms with E-state index in [1.54, 1.807) is 0 Å². The summed E-state index contributed by atoms with van der Waals surface area (Å²) in [4.78, 5) is 72.3. The number of aliphatic hydroxyl groups is 1. The van der Waals surface area contributed by atoms with Gasteiger partial charge in [-0.1, -0.05) is 267 Å². The van der Waals surface area contributed by atoms with Crippen LogP contribution in [0.25, 0.3) is 0 Å². The van der Waals surface area contributed by atoms with Gasteiger partial charge in [0, 0.05) is 25.7 Å². The molecule has 0 bridgehead atoms. The Morgan fingerprint density at radius 3 is 0.835 bits per heavy atom. The first-order chi connectivity index (χ1) is 40.6. The molecule has 0 rings (SSSR count). The molecule has 0 aromatic carbocycles. The summed E-state index contributed by atoms with van der Waals surface area (Å²) in [6.07, 6.45) is 36.3. The van der Waals surface area contributed by atoms with Gasteiger partial charge in [0.25, 0.3) is 0 Å². The Balaban J connectivity index is 5.26. The molecule has 0 aliphatic rings. The number of hydrogen-bond acceptors (Lipinski definition) is 15. The van der Waals surface area contributed by atoms with E-state index in [4.69, 9.17) is 37.0 Å². The number of carbonyl (C=O) groups excluding carboxylic acids is 4. The Morgan fingerprint density at radius 1 is 0.329 bits per heavy atom. The number of aliphatic hydroxyl groups excluding tert-OH is 1. The number of esters is 4. The van der Waals surface area contributed by atoms with Crippen LogP contribution in [-0.2, 0) is 65.4 Å². The monoisotopic (exact) mass is 1250 g/mol. The third-order valence-corrected chi connectivity index (χ3v) is 17.3. The van der Waals surface area contributed by atoms with Gasteiger partial charge < -0.3 is 33.8 Å². The van der Waals surface area contributed by atoms with Crippen molar-refractivity contribution in [3.8, 4) is 0 Å². The van der Waals surface area contributed by atoms with Crippen LogP contribution in [0.4, 0.5) is 0 Å². The Morgan fingerprint density at radius 2 is 0.565 bits per heavy atom. The molecule has 6 atom stereocenters. The third kappa shape index (κ3) is 59.5. The summed E-state index contributed by atoms with van der Waals surface area (Å²) in [5.74, 6) is 0.781. The highest BCUT2D eigenvalue weighted by molar-refractivity contribution is 7.47. The molecule has 19 heteroatoms. The fourth-order valence-corrected chi connectivity index (χ4v) is 11.3. The van der Waals surface area contributed by atoms with E-state index in [9.17, 15) is 43.2 Å². The molecule has 85 heavy (non-hydrogen) atoms. The molecule has 0 amide bonds. The average molecular weight is 1260 g/mol. The smallest absolute Gasteiger partial charge is 0.462 e. The van der Waals surface area contributed by atoms with Crippen LogP contribution in [0.3, 0.4) is 0 Å².